The summed E-state index contributed by atoms with van der Waals surface area (Å²) >= 11 is 0. The fourth-order valence-electron chi connectivity index (χ4n) is 3.22. The molecule has 1 saturated heterocycles. The summed E-state index contributed by atoms with van der Waals surface area (Å²) in [6.07, 6.45) is 1.66. The molecule has 6 nitrogen and oxygen atoms in total. The molecule has 0 saturated carbocycles. The molecular formula is C22H25N3O3. The average molecular weight is 379 g/mol. The molecule has 146 valence electrons. The number of nitrogens with zero attached hydrogens (tertiary/aromatic N) is 1. The van der Waals surface area contributed by atoms with Gasteiger partial charge in [0.05, 0.1) is 13.0 Å². The predicted octanol–water partition coefficient (Wildman–Crippen LogP) is 2.73. The maximum atomic E-state index is 12.1. The van der Waals surface area contributed by atoms with Gasteiger partial charge in [0.25, 0.3) is 0 Å². The third kappa shape index (κ3) is 4.76. The van der Waals surface area contributed by atoms with Crippen molar-refractivity contribution in [2.24, 2.45) is 0 Å². The molecule has 0 spiro atoms. The minimum absolute atomic E-state index is 0.0768. The Hall–Kier alpha value is -3.15. The van der Waals surface area contributed by atoms with E-state index in [2.05, 4.69) is 10.6 Å². The number of benzene rings is 2. The molecule has 0 atom stereocenters. The van der Waals surface area contributed by atoms with Crippen molar-refractivity contribution in [1.29, 1.82) is 0 Å². The molecule has 1 aliphatic heterocycles. The van der Waals surface area contributed by atoms with Crippen LogP contribution in [0.4, 0.5) is 11.4 Å². The largest absolute Gasteiger partial charge is 0.347 e. The van der Waals surface area contributed by atoms with Gasteiger partial charge in [0, 0.05) is 24.3 Å². The number of aryl methyl sites for hydroxylation is 1. The standard InChI is InChI=1S/C22H25N3O3/c1-15-5-3-6-19(16(15)2)24-21(27)14-23-20(26)13-17-8-10-18(11-9-17)25-12-4-7-22(25)28/h3,5-6,8-11H,4,7,12-14H2,1-2H3,(H,23,26)(H,24,27). The normalized spacial score (nSPS) is 13.5. The fraction of sp³-hybridized carbons (Fsp3) is 0.318. The number of carbonyl (C=O) groups is 3. The summed E-state index contributed by atoms with van der Waals surface area (Å²) < 4.78 is 0. The lowest BCUT2D eigenvalue weighted by Crippen LogP contribution is -2.34. The van der Waals surface area contributed by atoms with Gasteiger partial charge in [-0.3, -0.25) is 14.4 Å². The van der Waals surface area contributed by atoms with Crippen LogP contribution >= 0.6 is 0 Å². The first-order chi connectivity index (χ1) is 13.4. The monoisotopic (exact) mass is 379 g/mol. The van der Waals surface area contributed by atoms with Crippen molar-refractivity contribution < 1.29 is 14.4 Å². The second-order valence-electron chi connectivity index (χ2n) is 7.06. The number of nitrogens with one attached hydrogen (secondary N) is 2. The molecule has 0 aliphatic carbocycles. The number of amides is 3. The zero-order valence-electron chi connectivity index (χ0n) is 16.2. The smallest absolute Gasteiger partial charge is 0.243 e. The van der Waals surface area contributed by atoms with Gasteiger partial charge >= 0.3 is 0 Å². The fourth-order valence-corrected chi connectivity index (χ4v) is 3.22. The molecule has 3 amide bonds. The Morgan fingerprint density at radius 1 is 1.04 bits per heavy atom. The third-order valence-electron chi connectivity index (χ3n) is 5.01. The quantitative estimate of drug-likeness (QED) is 0.810. The Balaban J connectivity index is 1.48. The minimum Gasteiger partial charge on any atom is -0.347 e. The van der Waals surface area contributed by atoms with E-state index < -0.39 is 0 Å². The summed E-state index contributed by atoms with van der Waals surface area (Å²) in [7, 11) is 0. The molecule has 1 fully saturated rings. The van der Waals surface area contributed by atoms with Crippen molar-refractivity contribution in [1.82, 2.24) is 5.32 Å². The predicted molar refractivity (Wildman–Crippen MR) is 109 cm³/mol. The van der Waals surface area contributed by atoms with E-state index in [0.717, 1.165) is 41.0 Å². The maximum Gasteiger partial charge on any atom is 0.243 e. The lowest BCUT2D eigenvalue weighted by molar-refractivity contribution is -0.123. The van der Waals surface area contributed by atoms with Crippen LogP contribution in [0.25, 0.3) is 0 Å². The van der Waals surface area contributed by atoms with Crippen LogP contribution in [0, 0.1) is 13.8 Å². The molecule has 2 aromatic rings. The van der Waals surface area contributed by atoms with E-state index in [9.17, 15) is 14.4 Å². The van der Waals surface area contributed by atoms with Gasteiger partial charge in [-0.1, -0.05) is 24.3 Å². The second-order valence-corrected chi connectivity index (χ2v) is 7.06. The topological polar surface area (TPSA) is 78.5 Å². The van der Waals surface area contributed by atoms with Gasteiger partial charge in [-0.15, -0.1) is 0 Å². The van der Waals surface area contributed by atoms with Gasteiger partial charge < -0.3 is 15.5 Å². The van der Waals surface area contributed by atoms with Crippen molar-refractivity contribution in [2.75, 3.05) is 23.3 Å². The summed E-state index contributed by atoms with van der Waals surface area (Å²) in [4.78, 5) is 37.8. The molecule has 0 bridgehead atoms. The number of hydrogen-bond donors (Lipinski definition) is 2. The second kappa shape index (κ2) is 8.69. The maximum absolute atomic E-state index is 12.1. The lowest BCUT2D eigenvalue weighted by atomic mass is 10.1. The highest BCUT2D eigenvalue weighted by Crippen LogP contribution is 2.21. The summed E-state index contributed by atoms with van der Waals surface area (Å²) in [5, 5.41) is 5.47. The first-order valence-corrected chi connectivity index (χ1v) is 9.46. The number of hydrogen-bond acceptors (Lipinski definition) is 3. The SMILES string of the molecule is Cc1cccc(NC(=O)CNC(=O)Cc2ccc(N3CCCC3=O)cc2)c1C. The van der Waals surface area contributed by atoms with Gasteiger partial charge in [0.15, 0.2) is 0 Å². The van der Waals surface area contributed by atoms with Crippen molar-refractivity contribution in [2.45, 2.75) is 33.1 Å². The van der Waals surface area contributed by atoms with Crippen LogP contribution in [-0.2, 0) is 20.8 Å². The van der Waals surface area contributed by atoms with Crippen molar-refractivity contribution in [3.05, 3.63) is 59.2 Å². The van der Waals surface area contributed by atoms with Gasteiger partial charge in [-0.25, -0.2) is 0 Å². The Labute approximate surface area is 164 Å². The van der Waals surface area contributed by atoms with Gasteiger partial charge in [0.1, 0.15) is 0 Å². The first kappa shape index (κ1) is 19.6. The molecule has 6 heteroatoms. The zero-order valence-corrected chi connectivity index (χ0v) is 16.2. The van der Waals surface area contributed by atoms with E-state index in [1.165, 1.54) is 0 Å². The van der Waals surface area contributed by atoms with E-state index >= 15 is 0 Å². The molecule has 0 radical (unpaired) electrons. The lowest BCUT2D eigenvalue weighted by Gasteiger charge is -2.16. The highest BCUT2D eigenvalue weighted by Gasteiger charge is 2.21. The number of anilines is 2. The van der Waals surface area contributed by atoms with Crippen molar-refractivity contribution in [3.63, 3.8) is 0 Å². The van der Waals surface area contributed by atoms with Crippen LogP contribution in [0.5, 0.6) is 0 Å². The molecule has 1 heterocycles. The average Bonchev–Trinajstić information content (AvgIpc) is 3.10. The summed E-state index contributed by atoms with van der Waals surface area (Å²) in [6, 6.07) is 13.1. The number of rotatable bonds is 6. The first-order valence-electron chi connectivity index (χ1n) is 9.46. The van der Waals surface area contributed by atoms with Crippen LogP contribution in [-0.4, -0.2) is 30.8 Å². The van der Waals surface area contributed by atoms with Crippen LogP contribution in [0.3, 0.4) is 0 Å². The van der Waals surface area contributed by atoms with Crippen LogP contribution < -0.4 is 15.5 Å². The van der Waals surface area contributed by atoms with E-state index in [0.29, 0.717) is 6.42 Å². The molecule has 3 rings (SSSR count). The van der Waals surface area contributed by atoms with E-state index in [1.807, 2.05) is 56.3 Å². The van der Waals surface area contributed by atoms with Crippen molar-refractivity contribution in [3.8, 4) is 0 Å². The Bertz CT molecular complexity index is 890. The molecule has 2 aromatic carbocycles. The Morgan fingerprint density at radius 2 is 1.79 bits per heavy atom. The molecule has 0 unspecified atom stereocenters. The molecular weight excluding hydrogens is 354 g/mol. The van der Waals surface area contributed by atoms with Crippen molar-refractivity contribution >= 4 is 29.1 Å². The van der Waals surface area contributed by atoms with E-state index in [4.69, 9.17) is 0 Å². The van der Waals surface area contributed by atoms with Crippen LogP contribution in [0.2, 0.25) is 0 Å². The molecule has 0 aromatic heterocycles. The van der Waals surface area contributed by atoms with Gasteiger partial charge in [0.2, 0.25) is 17.7 Å². The summed E-state index contributed by atoms with van der Waals surface area (Å²) in [5.41, 5.74) is 4.56. The highest BCUT2D eigenvalue weighted by molar-refractivity contribution is 5.96. The number of carbonyl (C=O) groups excluding carboxylic acids is 3. The van der Waals surface area contributed by atoms with E-state index in [1.54, 1.807) is 4.90 Å². The highest BCUT2D eigenvalue weighted by atomic mass is 16.2. The Morgan fingerprint density at radius 3 is 2.46 bits per heavy atom. The molecule has 2 N–H and O–H groups in total. The van der Waals surface area contributed by atoms with Gasteiger partial charge in [-0.05, 0) is 55.2 Å². The molecule has 28 heavy (non-hydrogen) atoms. The Kier molecular flexibility index (Phi) is 6.09. The minimum atomic E-state index is -0.259. The van der Waals surface area contributed by atoms with Gasteiger partial charge in [-0.2, -0.15) is 0 Å². The summed E-state index contributed by atoms with van der Waals surface area (Å²) in [5.74, 6) is -0.341. The zero-order chi connectivity index (χ0) is 20.1. The van der Waals surface area contributed by atoms with Crippen LogP contribution in [0.15, 0.2) is 42.5 Å². The van der Waals surface area contributed by atoms with E-state index in [-0.39, 0.29) is 30.7 Å². The van der Waals surface area contributed by atoms with Crippen LogP contribution in [0.1, 0.15) is 29.5 Å². The summed E-state index contributed by atoms with van der Waals surface area (Å²) in [6.45, 7) is 4.60. The third-order valence-corrected chi connectivity index (χ3v) is 5.01. The molecule has 1 aliphatic rings.